The highest BCUT2D eigenvalue weighted by Crippen LogP contribution is 2.11. The molecule has 0 unspecified atom stereocenters. The summed E-state index contributed by atoms with van der Waals surface area (Å²) in [5, 5.41) is 9.24. The summed E-state index contributed by atoms with van der Waals surface area (Å²) < 4.78 is 3.84. The third kappa shape index (κ3) is 3.13. The van der Waals surface area contributed by atoms with E-state index >= 15 is 0 Å². The topological polar surface area (TPSA) is 64.2 Å². The first-order valence-electron chi connectivity index (χ1n) is 6.80. The zero-order chi connectivity index (χ0) is 14.8. The predicted octanol–water partition coefficient (Wildman–Crippen LogP) is 1.57. The number of imidazole rings is 1. The minimum absolute atomic E-state index is 0.0118. The number of aryl methyl sites for hydroxylation is 2. The minimum Gasteiger partial charge on any atom is -0.354 e. The third-order valence-corrected chi connectivity index (χ3v) is 4.00. The smallest absolute Gasteiger partial charge is 0.226 e. The highest BCUT2D eigenvalue weighted by molar-refractivity contribution is 7.15. The van der Waals surface area contributed by atoms with Crippen LogP contribution in [0.25, 0.3) is 4.96 Å². The summed E-state index contributed by atoms with van der Waals surface area (Å²) >= 11 is 1.56. The standard InChI is InChI=1S/C14H17N5OS/c1-10-7-11(2)19(17-10)4-3-15-13(20)8-12-9-18-5-6-21-14(18)16-12/h5-7,9H,3-4,8H2,1-2H3,(H,15,20). The molecule has 0 spiro atoms. The van der Waals surface area contributed by atoms with Crippen LogP contribution in [0, 0.1) is 13.8 Å². The van der Waals surface area contributed by atoms with Crippen LogP contribution >= 0.6 is 11.3 Å². The van der Waals surface area contributed by atoms with Crippen LogP contribution in [-0.2, 0) is 17.8 Å². The van der Waals surface area contributed by atoms with E-state index in [4.69, 9.17) is 0 Å². The Morgan fingerprint density at radius 3 is 3.00 bits per heavy atom. The van der Waals surface area contributed by atoms with Gasteiger partial charge in [0.25, 0.3) is 0 Å². The second-order valence-electron chi connectivity index (χ2n) is 5.00. The van der Waals surface area contributed by atoms with Gasteiger partial charge < -0.3 is 5.32 Å². The lowest BCUT2D eigenvalue weighted by Gasteiger charge is -2.06. The summed E-state index contributed by atoms with van der Waals surface area (Å²) in [7, 11) is 0. The van der Waals surface area contributed by atoms with Crippen molar-refractivity contribution in [1.82, 2.24) is 24.5 Å². The highest BCUT2D eigenvalue weighted by Gasteiger charge is 2.08. The molecule has 3 aromatic heterocycles. The normalized spacial score (nSPS) is 11.1. The number of carbonyl (C=O) groups excluding carboxylic acids is 1. The molecule has 3 aromatic rings. The van der Waals surface area contributed by atoms with Crippen LogP contribution in [0.15, 0.2) is 23.8 Å². The first-order valence-corrected chi connectivity index (χ1v) is 7.68. The number of fused-ring (bicyclic) bond motifs is 1. The molecular weight excluding hydrogens is 286 g/mol. The van der Waals surface area contributed by atoms with E-state index in [9.17, 15) is 4.79 Å². The van der Waals surface area contributed by atoms with Gasteiger partial charge in [-0.2, -0.15) is 5.10 Å². The predicted molar refractivity (Wildman–Crippen MR) is 81.5 cm³/mol. The van der Waals surface area contributed by atoms with Crippen molar-refractivity contribution in [3.8, 4) is 0 Å². The number of hydrogen-bond acceptors (Lipinski definition) is 4. The van der Waals surface area contributed by atoms with Gasteiger partial charge >= 0.3 is 0 Å². The molecule has 0 atom stereocenters. The lowest BCUT2D eigenvalue weighted by molar-refractivity contribution is -0.120. The maximum Gasteiger partial charge on any atom is 0.226 e. The van der Waals surface area contributed by atoms with Gasteiger partial charge in [0.2, 0.25) is 5.91 Å². The van der Waals surface area contributed by atoms with Crippen molar-refractivity contribution < 1.29 is 4.79 Å². The van der Waals surface area contributed by atoms with E-state index in [1.165, 1.54) is 0 Å². The summed E-state index contributed by atoms with van der Waals surface area (Å²) in [4.78, 5) is 17.2. The Morgan fingerprint density at radius 2 is 2.29 bits per heavy atom. The second kappa shape index (κ2) is 5.69. The molecule has 0 bridgehead atoms. The summed E-state index contributed by atoms with van der Waals surface area (Å²) in [5.74, 6) is -0.0118. The van der Waals surface area contributed by atoms with Crippen molar-refractivity contribution in [3.63, 3.8) is 0 Å². The fraction of sp³-hybridized carbons (Fsp3) is 0.357. The van der Waals surface area contributed by atoms with Crippen molar-refractivity contribution in [2.75, 3.05) is 6.54 Å². The summed E-state index contributed by atoms with van der Waals surface area (Å²) in [6, 6.07) is 2.03. The SMILES string of the molecule is Cc1cc(C)n(CCNC(=O)Cc2cn3ccsc3n2)n1. The molecule has 0 aliphatic rings. The number of nitrogens with zero attached hydrogens (tertiary/aromatic N) is 4. The molecule has 0 saturated heterocycles. The van der Waals surface area contributed by atoms with Gasteiger partial charge in [-0.3, -0.25) is 13.9 Å². The minimum atomic E-state index is -0.0118. The number of nitrogens with one attached hydrogen (secondary N) is 1. The molecule has 0 aliphatic carbocycles. The van der Waals surface area contributed by atoms with E-state index in [2.05, 4.69) is 15.4 Å². The van der Waals surface area contributed by atoms with Gasteiger partial charge in [-0.15, -0.1) is 11.3 Å². The number of amides is 1. The number of thiazole rings is 1. The second-order valence-corrected chi connectivity index (χ2v) is 5.88. The zero-order valence-electron chi connectivity index (χ0n) is 12.0. The largest absolute Gasteiger partial charge is 0.354 e. The van der Waals surface area contributed by atoms with Gasteiger partial charge in [0.15, 0.2) is 4.96 Å². The van der Waals surface area contributed by atoms with Crippen molar-refractivity contribution in [3.05, 3.63) is 40.9 Å². The van der Waals surface area contributed by atoms with Gasteiger partial charge in [-0.05, 0) is 19.9 Å². The number of aromatic nitrogens is 4. The van der Waals surface area contributed by atoms with Gasteiger partial charge in [-0.25, -0.2) is 4.98 Å². The molecule has 110 valence electrons. The highest BCUT2D eigenvalue weighted by atomic mass is 32.1. The zero-order valence-corrected chi connectivity index (χ0v) is 12.9. The van der Waals surface area contributed by atoms with Crippen molar-refractivity contribution in [2.24, 2.45) is 0 Å². The van der Waals surface area contributed by atoms with Crippen LogP contribution in [0.3, 0.4) is 0 Å². The molecule has 0 aliphatic heterocycles. The maximum atomic E-state index is 11.9. The van der Waals surface area contributed by atoms with E-state index in [0.29, 0.717) is 19.5 Å². The quantitative estimate of drug-likeness (QED) is 0.778. The molecule has 0 fully saturated rings. The Hall–Kier alpha value is -2.15. The summed E-state index contributed by atoms with van der Waals surface area (Å²) in [6.07, 6.45) is 4.15. The van der Waals surface area contributed by atoms with Crippen LogP contribution < -0.4 is 5.32 Å². The van der Waals surface area contributed by atoms with Gasteiger partial charge in [0.1, 0.15) is 0 Å². The number of rotatable bonds is 5. The molecule has 0 aromatic carbocycles. The molecular formula is C14H17N5OS. The lowest BCUT2D eigenvalue weighted by atomic mass is 10.3. The molecule has 3 heterocycles. The Morgan fingerprint density at radius 1 is 1.43 bits per heavy atom. The van der Waals surface area contributed by atoms with Crippen molar-refractivity contribution in [1.29, 1.82) is 0 Å². The van der Waals surface area contributed by atoms with Crippen LogP contribution in [-0.4, -0.2) is 31.6 Å². The Balaban J connectivity index is 1.50. The molecule has 0 radical (unpaired) electrons. The number of carbonyl (C=O) groups is 1. The van der Waals surface area contributed by atoms with Crippen molar-refractivity contribution >= 4 is 22.2 Å². The van der Waals surface area contributed by atoms with Crippen LogP contribution in [0.5, 0.6) is 0 Å². The van der Waals surface area contributed by atoms with Crippen LogP contribution in [0.4, 0.5) is 0 Å². The first kappa shape index (κ1) is 13.8. The Kier molecular flexibility index (Phi) is 3.74. The fourth-order valence-corrected chi connectivity index (χ4v) is 3.01. The average Bonchev–Trinajstić information content (AvgIpc) is 3.05. The lowest BCUT2D eigenvalue weighted by Crippen LogP contribution is -2.29. The third-order valence-electron chi connectivity index (χ3n) is 3.23. The van der Waals surface area contributed by atoms with Crippen LogP contribution in [0.2, 0.25) is 0 Å². The van der Waals surface area contributed by atoms with E-state index in [0.717, 1.165) is 22.0 Å². The molecule has 0 saturated carbocycles. The molecule has 6 nitrogen and oxygen atoms in total. The Labute approximate surface area is 126 Å². The monoisotopic (exact) mass is 303 g/mol. The van der Waals surface area contributed by atoms with Gasteiger partial charge in [0.05, 0.1) is 24.4 Å². The van der Waals surface area contributed by atoms with Crippen LogP contribution in [0.1, 0.15) is 17.1 Å². The average molecular weight is 303 g/mol. The molecule has 3 rings (SSSR count). The fourth-order valence-electron chi connectivity index (χ4n) is 2.29. The van der Waals surface area contributed by atoms with Gasteiger partial charge in [-0.1, -0.05) is 0 Å². The Bertz CT molecular complexity index is 741. The van der Waals surface area contributed by atoms with E-state index in [1.54, 1.807) is 11.3 Å². The van der Waals surface area contributed by atoms with Gasteiger partial charge in [0, 0.05) is 30.0 Å². The number of hydrogen-bond donors (Lipinski definition) is 1. The van der Waals surface area contributed by atoms with E-state index < -0.39 is 0 Å². The van der Waals surface area contributed by atoms with Crippen molar-refractivity contribution in [2.45, 2.75) is 26.8 Å². The maximum absolute atomic E-state index is 11.9. The first-order chi connectivity index (χ1) is 10.1. The molecule has 1 amide bonds. The molecule has 21 heavy (non-hydrogen) atoms. The van der Waals surface area contributed by atoms with E-state index in [-0.39, 0.29) is 5.91 Å². The van der Waals surface area contributed by atoms with E-state index in [1.807, 2.05) is 46.8 Å². The summed E-state index contributed by atoms with van der Waals surface area (Å²) in [6.45, 7) is 5.23. The summed E-state index contributed by atoms with van der Waals surface area (Å²) in [5.41, 5.74) is 2.90. The molecule has 1 N–H and O–H groups in total. The molecule has 7 heteroatoms.